The second-order valence-electron chi connectivity index (χ2n) is 6.71. The molecular formula is C19H27ClN4O3. The third kappa shape index (κ3) is 5.94. The van der Waals surface area contributed by atoms with Crippen LogP contribution in [0.2, 0.25) is 0 Å². The minimum Gasteiger partial charge on any atom is -0.497 e. The van der Waals surface area contributed by atoms with Gasteiger partial charge in [-0.15, -0.1) is 12.4 Å². The summed E-state index contributed by atoms with van der Waals surface area (Å²) in [5.41, 5.74) is 0.809. The largest absolute Gasteiger partial charge is 0.497 e. The number of amides is 1. The van der Waals surface area contributed by atoms with Crippen LogP contribution < -0.4 is 15.4 Å². The number of piperidine rings is 1. The monoisotopic (exact) mass is 394 g/mol. The Morgan fingerprint density at radius 3 is 2.93 bits per heavy atom. The van der Waals surface area contributed by atoms with E-state index in [1.54, 1.807) is 7.11 Å². The fourth-order valence-corrected chi connectivity index (χ4v) is 3.17. The second-order valence-corrected chi connectivity index (χ2v) is 6.71. The topological polar surface area (TPSA) is 89.3 Å². The first-order valence-electron chi connectivity index (χ1n) is 9.14. The molecule has 1 unspecified atom stereocenters. The number of nitrogens with one attached hydrogen (secondary N) is 2. The average Bonchev–Trinajstić information content (AvgIpc) is 3.18. The van der Waals surface area contributed by atoms with Gasteiger partial charge in [0.2, 0.25) is 17.6 Å². The molecule has 2 aromatic rings. The first-order chi connectivity index (χ1) is 12.7. The molecule has 1 saturated heterocycles. The van der Waals surface area contributed by atoms with E-state index in [9.17, 15) is 4.79 Å². The van der Waals surface area contributed by atoms with E-state index in [0.29, 0.717) is 24.1 Å². The van der Waals surface area contributed by atoms with Crippen molar-refractivity contribution in [1.82, 2.24) is 20.8 Å². The molecule has 1 fully saturated rings. The molecule has 2 heterocycles. The molecule has 27 heavy (non-hydrogen) atoms. The Balaban J connectivity index is 0.00000261. The summed E-state index contributed by atoms with van der Waals surface area (Å²) in [5.74, 6) is 2.28. The van der Waals surface area contributed by atoms with E-state index in [0.717, 1.165) is 43.7 Å². The molecule has 0 aliphatic carbocycles. The Labute approximate surface area is 165 Å². The number of carbonyl (C=O) groups is 1. The van der Waals surface area contributed by atoms with Crippen molar-refractivity contribution in [3.63, 3.8) is 0 Å². The lowest BCUT2D eigenvalue weighted by Gasteiger charge is -2.22. The fraction of sp³-hybridized carbons (Fsp3) is 0.526. The number of benzene rings is 1. The number of carbonyl (C=O) groups excluding carboxylic acids is 1. The first-order valence-corrected chi connectivity index (χ1v) is 9.14. The van der Waals surface area contributed by atoms with Crippen molar-refractivity contribution >= 4 is 18.3 Å². The summed E-state index contributed by atoms with van der Waals surface area (Å²) in [5, 5.41) is 10.3. The van der Waals surface area contributed by atoms with Gasteiger partial charge in [-0.2, -0.15) is 4.98 Å². The highest BCUT2D eigenvalue weighted by atomic mass is 35.5. The average molecular weight is 395 g/mol. The Morgan fingerprint density at radius 1 is 1.41 bits per heavy atom. The Hall–Kier alpha value is -2.12. The summed E-state index contributed by atoms with van der Waals surface area (Å²) in [6.45, 7) is 3.96. The summed E-state index contributed by atoms with van der Waals surface area (Å²) < 4.78 is 10.5. The van der Waals surface area contributed by atoms with Crippen molar-refractivity contribution in [2.24, 2.45) is 5.92 Å². The highest BCUT2D eigenvalue weighted by Gasteiger charge is 2.19. The van der Waals surface area contributed by atoms with Crippen molar-refractivity contribution in [2.75, 3.05) is 20.2 Å². The van der Waals surface area contributed by atoms with Crippen molar-refractivity contribution in [2.45, 2.75) is 38.6 Å². The number of nitrogens with zero attached hydrogens (tertiary/aromatic N) is 2. The van der Waals surface area contributed by atoms with Crippen LogP contribution in [0.3, 0.4) is 0 Å². The van der Waals surface area contributed by atoms with Crippen molar-refractivity contribution in [1.29, 1.82) is 0 Å². The first kappa shape index (κ1) is 21.2. The van der Waals surface area contributed by atoms with Gasteiger partial charge in [0.15, 0.2) is 0 Å². The number of rotatable bonds is 7. The molecular weight excluding hydrogens is 368 g/mol. The molecule has 0 bridgehead atoms. The lowest BCUT2D eigenvalue weighted by molar-refractivity contribution is -0.122. The SMILES string of the molecule is COc1cccc(-c2noc(C(C)NC(=O)CCC3CCNCC3)n2)c1.Cl. The smallest absolute Gasteiger partial charge is 0.249 e. The van der Waals surface area contributed by atoms with Gasteiger partial charge in [-0.1, -0.05) is 17.3 Å². The van der Waals surface area contributed by atoms with Gasteiger partial charge >= 0.3 is 0 Å². The predicted molar refractivity (Wildman–Crippen MR) is 105 cm³/mol. The molecule has 1 atom stereocenters. The summed E-state index contributed by atoms with van der Waals surface area (Å²) >= 11 is 0. The standard InChI is InChI=1S/C19H26N4O3.ClH/c1-13(21-17(24)7-6-14-8-10-20-11-9-14)19-22-18(23-26-19)15-4-3-5-16(12-15)25-2;/h3-5,12-14,20H,6-11H2,1-2H3,(H,21,24);1H. The zero-order valence-electron chi connectivity index (χ0n) is 15.7. The maximum Gasteiger partial charge on any atom is 0.249 e. The summed E-state index contributed by atoms with van der Waals surface area (Å²) in [6.07, 6.45) is 3.76. The molecule has 148 valence electrons. The molecule has 1 aromatic carbocycles. The van der Waals surface area contributed by atoms with Gasteiger partial charge in [-0.05, 0) is 57.3 Å². The third-order valence-electron chi connectivity index (χ3n) is 4.76. The van der Waals surface area contributed by atoms with E-state index in [1.807, 2.05) is 31.2 Å². The normalized spacial score (nSPS) is 15.6. The molecule has 1 aliphatic heterocycles. The van der Waals surface area contributed by atoms with Crippen LogP contribution in [0.5, 0.6) is 5.75 Å². The van der Waals surface area contributed by atoms with Crippen LogP contribution in [0.15, 0.2) is 28.8 Å². The van der Waals surface area contributed by atoms with E-state index in [4.69, 9.17) is 9.26 Å². The van der Waals surface area contributed by atoms with E-state index in [2.05, 4.69) is 20.8 Å². The Kier molecular flexibility index (Phi) is 8.06. The maximum absolute atomic E-state index is 12.2. The van der Waals surface area contributed by atoms with Crippen LogP contribution in [-0.4, -0.2) is 36.2 Å². The number of aromatic nitrogens is 2. The van der Waals surface area contributed by atoms with Crippen molar-refractivity contribution < 1.29 is 14.1 Å². The lowest BCUT2D eigenvalue weighted by atomic mass is 9.93. The maximum atomic E-state index is 12.2. The highest BCUT2D eigenvalue weighted by Crippen LogP contribution is 2.23. The zero-order chi connectivity index (χ0) is 18.4. The number of halogens is 1. The minimum atomic E-state index is -0.317. The zero-order valence-corrected chi connectivity index (χ0v) is 16.6. The van der Waals surface area contributed by atoms with Gasteiger partial charge in [0, 0.05) is 12.0 Å². The van der Waals surface area contributed by atoms with Crippen LogP contribution in [0.25, 0.3) is 11.4 Å². The lowest BCUT2D eigenvalue weighted by Crippen LogP contribution is -2.30. The summed E-state index contributed by atoms with van der Waals surface area (Å²) in [7, 11) is 1.61. The molecule has 0 spiro atoms. The van der Waals surface area contributed by atoms with Crippen molar-refractivity contribution in [3.8, 4) is 17.1 Å². The van der Waals surface area contributed by atoms with E-state index < -0.39 is 0 Å². The van der Waals surface area contributed by atoms with Gasteiger partial charge in [-0.25, -0.2) is 0 Å². The number of ether oxygens (including phenoxy) is 1. The van der Waals surface area contributed by atoms with Crippen LogP contribution in [-0.2, 0) is 4.79 Å². The molecule has 0 radical (unpaired) electrons. The molecule has 3 rings (SSSR count). The van der Waals surface area contributed by atoms with Crippen molar-refractivity contribution in [3.05, 3.63) is 30.2 Å². The predicted octanol–water partition coefficient (Wildman–Crippen LogP) is 3.12. The molecule has 7 nitrogen and oxygen atoms in total. The Morgan fingerprint density at radius 2 is 2.19 bits per heavy atom. The number of methoxy groups -OCH3 is 1. The summed E-state index contributed by atoms with van der Waals surface area (Å²) in [6, 6.07) is 7.14. The van der Waals surface area contributed by atoms with Gasteiger partial charge in [-0.3, -0.25) is 4.79 Å². The number of hydrogen-bond donors (Lipinski definition) is 2. The minimum absolute atomic E-state index is 0. The molecule has 1 amide bonds. The molecule has 1 aliphatic rings. The molecule has 2 N–H and O–H groups in total. The van der Waals surface area contributed by atoms with Crippen LogP contribution in [0.4, 0.5) is 0 Å². The van der Waals surface area contributed by atoms with Crippen LogP contribution >= 0.6 is 12.4 Å². The van der Waals surface area contributed by atoms with E-state index >= 15 is 0 Å². The van der Waals surface area contributed by atoms with Crippen LogP contribution in [0, 0.1) is 5.92 Å². The fourth-order valence-electron chi connectivity index (χ4n) is 3.17. The van der Waals surface area contributed by atoms with Gasteiger partial charge in [0.25, 0.3) is 0 Å². The van der Waals surface area contributed by atoms with E-state index in [-0.39, 0.29) is 24.4 Å². The molecule has 1 aromatic heterocycles. The van der Waals surface area contributed by atoms with E-state index in [1.165, 1.54) is 0 Å². The molecule has 0 saturated carbocycles. The molecule has 8 heteroatoms. The highest BCUT2D eigenvalue weighted by molar-refractivity contribution is 5.85. The van der Waals surface area contributed by atoms with Crippen LogP contribution in [0.1, 0.15) is 44.5 Å². The Bertz CT molecular complexity index is 731. The summed E-state index contributed by atoms with van der Waals surface area (Å²) in [4.78, 5) is 16.6. The van der Waals surface area contributed by atoms with Gasteiger partial charge in [0.05, 0.1) is 7.11 Å². The third-order valence-corrected chi connectivity index (χ3v) is 4.76. The second kappa shape index (κ2) is 10.3. The van der Waals surface area contributed by atoms with Gasteiger partial charge < -0.3 is 19.9 Å². The number of hydrogen-bond acceptors (Lipinski definition) is 6. The van der Waals surface area contributed by atoms with Gasteiger partial charge in [0.1, 0.15) is 11.8 Å². The quantitative estimate of drug-likeness (QED) is 0.749.